The van der Waals surface area contributed by atoms with Crippen LogP contribution >= 0.6 is 11.3 Å². The minimum Gasteiger partial charge on any atom is -0.311 e. The van der Waals surface area contributed by atoms with E-state index in [0.717, 1.165) is 17.1 Å². The molecule has 0 radical (unpaired) electrons. The summed E-state index contributed by atoms with van der Waals surface area (Å²) in [6.07, 6.45) is 6.57. The summed E-state index contributed by atoms with van der Waals surface area (Å²) < 4.78 is 3.91. The van der Waals surface area contributed by atoms with Crippen LogP contribution in [-0.2, 0) is 0 Å². The summed E-state index contributed by atoms with van der Waals surface area (Å²) in [6, 6.07) is 55.5. The van der Waals surface area contributed by atoms with Crippen molar-refractivity contribution < 1.29 is 0 Å². The van der Waals surface area contributed by atoms with E-state index in [4.69, 9.17) is 0 Å². The molecule has 0 bridgehead atoms. The first kappa shape index (κ1) is 28.1. The smallest absolute Gasteiger partial charge is 0.109 e. The molecule has 0 N–H and O–H groups in total. The van der Waals surface area contributed by atoms with Crippen LogP contribution in [0.2, 0.25) is 0 Å². The molecule has 0 spiro atoms. The van der Waals surface area contributed by atoms with E-state index in [1.165, 1.54) is 85.9 Å². The zero-order valence-electron chi connectivity index (χ0n) is 26.3. The molecule has 1 fully saturated rings. The maximum atomic E-state index is 2.55. The number of hydrogen-bond acceptors (Lipinski definition) is 2. The Labute approximate surface area is 280 Å². The maximum absolute atomic E-state index is 2.55. The van der Waals surface area contributed by atoms with E-state index in [-0.39, 0.29) is 0 Å². The number of aromatic nitrogens is 1. The van der Waals surface area contributed by atoms with Crippen LogP contribution in [0.5, 0.6) is 0 Å². The van der Waals surface area contributed by atoms with Crippen molar-refractivity contribution in [2.75, 3.05) is 4.90 Å². The Hall–Kier alpha value is -5.12. The van der Waals surface area contributed by atoms with E-state index in [2.05, 4.69) is 161 Å². The molecule has 9 rings (SSSR count). The molecule has 1 aliphatic carbocycles. The topological polar surface area (TPSA) is 7.65 Å². The molecule has 2 aromatic heterocycles. The first-order valence-corrected chi connectivity index (χ1v) is 17.7. The summed E-state index contributed by atoms with van der Waals surface area (Å²) in [5, 5.41) is 1.32. The van der Waals surface area contributed by atoms with Crippen molar-refractivity contribution in [1.29, 1.82) is 0 Å². The molecule has 0 amide bonds. The lowest BCUT2D eigenvalue weighted by Gasteiger charge is -2.25. The first-order valence-electron chi connectivity index (χ1n) is 16.9. The van der Waals surface area contributed by atoms with Gasteiger partial charge in [0.25, 0.3) is 0 Å². The van der Waals surface area contributed by atoms with Gasteiger partial charge in [0.15, 0.2) is 0 Å². The lowest BCUT2D eigenvalue weighted by molar-refractivity contribution is 0.444. The monoisotopic (exact) mass is 624 g/mol. The van der Waals surface area contributed by atoms with Gasteiger partial charge in [-0.05, 0) is 90.0 Å². The van der Waals surface area contributed by atoms with Gasteiger partial charge < -0.3 is 4.90 Å². The minimum absolute atomic E-state index is 0.614. The Balaban J connectivity index is 1.25. The summed E-state index contributed by atoms with van der Waals surface area (Å²) >= 11 is 1.94. The Morgan fingerprint density at radius 3 is 1.81 bits per heavy atom. The largest absolute Gasteiger partial charge is 0.311 e. The zero-order valence-corrected chi connectivity index (χ0v) is 27.2. The SMILES string of the molecule is c1ccc(-c2c3ccccc3n3c2sc2c(-c4ccc(N(c5ccccc5)c5ccccc5)cc4)cc(C4CCCCC4)cc23)cc1. The maximum Gasteiger partial charge on any atom is 0.109 e. The van der Waals surface area contributed by atoms with Crippen molar-refractivity contribution in [2.45, 2.75) is 38.0 Å². The van der Waals surface area contributed by atoms with Gasteiger partial charge in [0.1, 0.15) is 4.83 Å². The number of fused-ring (bicyclic) bond motifs is 5. The molecule has 2 heterocycles. The van der Waals surface area contributed by atoms with Crippen molar-refractivity contribution in [3.63, 3.8) is 0 Å². The van der Waals surface area contributed by atoms with E-state index in [9.17, 15) is 0 Å². The summed E-state index contributed by atoms with van der Waals surface area (Å²) in [6.45, 7) is 0. The average molecular weight is 625 g/mol. The fraction of sp³-hybridized carbons (Fsp3) is 0.136. The highest BCUT2D eigenvalue weighted by Gasteiger charge is 2.23. The van der Waals surface area contributed by atoms with Crippen molar-refractivity contribution in [3.8, 4) is 22.3 Å². The zero-order chi connectivity index (χ0) is 31.2. The van der Waals surface area contributed by atoms with Crippen LogP contribution in [0.25, 0.3) is 48.2 Å². The second-order valence-corrected chi connectivity index (χ2v) is 13.8. The van der Waals surface area contributed by atoms with Crippen LogP contribution in [0.4, 0.5) is 17.1 Å². The predicted octanol–water partition coefficient (Wildman–Crippen LogP) is 13.2. The molecule has 2 nitrogen and oxygen atoms in total. The number of benzene rings is 6. The van der Waals surface area contributed by atoms with Crippen molar-refractivity contribution in [1.82, 2.24) is 4.40 Å². The first-order chi connectivity index (χ1) is 23.3. The molecule has 0 atom stereocenters. The van der Waals surface area contributed by atoms with Gasteiger partial charge in [-0.15, -0.1) is 11.3 Å². The quantitative estimate of drug-likeness (QED) is 0.179. The van der Waals surface area contributed by atoms with E-state index in [0.29, 0.717) is 5.92 Å². The van der Waals surface area contributed by atoms with Gasteiger partial charge in [-0.1, -0.05) is 116 Å². The fourth-order valence-corrected chi connectivity index (χ4v) is 9.07. The summed E-state index contributed by atoms with van der Waals surface area (Å²) in [5.74, 6) is 0.614. The van der Waals surface area contributed by atoms with Gasteiger partial charge in [-0.2, -0.15) is 0 Å². The third-order valence-electron chi connectivity index (χ3n) is 9.97. The molecule has 0 saturated heterocycles. The van der Waals surface area contributed by atoms with E-state index in [1.807, 2.05) is 11.3 Å². The lowest BCUT2D eigenvalue weighted by atomic mass is 9.83. The highest BCUT2D eigenvalue weighted by Crippen LogP contribution is 2.47. The molecule has 1 aliphatic rings. The predicted molar refractivity (Wildman–Crippen MR) is 202 cm³/mol. The third-order valence-corrected chi connectivity index (χ3v) is 11.2. The Morgan fingerprint density at radius 2 is 1.13 bits per heavy atom. The van der Waals surface area contributed by atoms with Gasteiger partial charge in [0.2, 0.25) is 0 Å². The fourth-order valence-electron chi connectivity index (χ4n) is 7.72. The molecule has 0 aliphatic heterocycles. The number of anilines is 3. The van der Waals surface area contributed by atoms with Crippen molar-refractivity contribution in [3.05, 3.63) is 157 Å². The summed E-state index contributed by atoms with van der Waals surface area (Å²) in [7, 11) is 0. The van der Waals surface area contributed by atoms with Crippen molar-refractivity contribution in [2.24, 2.45) is 0 Å². The molecular formula is C44H36N2S. The van der Waals surface area contributed by atoms with E-state index < -0.39 is 0 Å². The number of hydrogen-bond donors (Lipinski definition) is 0. The second kappa shape index (κ2) is 11.9. The van der Waals surface area contributed by atoms with Crippen LogP contribution in [0, 0.1) is 0 Å². The molecule has 228 valence electrons. The van der Waals surface area contributed by atoms with Crippen LogP contribution in [0.3, 0.4) is 0 Å². The van der Waals surface area contributed by atoms with Crippen LogP contribution in [0.1, 0.15) is 43.6 Å². The average Bonchev–Trinajstić information content (AvgIpc) is 3.68. The highest BCUT2D eigenvalue weighted by atomic mass is 32.1. The molecule has 3 heteroatoms. The second-order valence-electron chi connectivity index (χ2n) is 12.8. The summed E-state index contributed by atoms with van der Waals surface area (Å²) in [4.78, 5) is 3.66. The van der Waals surface area contributed by atoms with E-state index >= 15 is 0 Å². The standard InChI is InChI=1S/C44H36N2S/c1-5-15-31(16-6-1)34-29-39(32-25-27-37(28-26-32)45(35-19-9-3-10-20-35)36-21-11-4-12-22-36)43-41(30-34)46-40-24-14-13-23-38(40)42(44(46)47-43)33-17-7-2-8-18-33/h2-4,7-14,17-31H,1,5-6,15-16H2. The number of para-hydroxylation sites is 3. The van der Waals surface area contributed by atoms with Gasteiger partial charge in [0.05, 0.1) is 15.7 Å². The van der Waals surface area contributed by atoms with Gasteiger partial charge in [0, 0.05) is 33.6 Å². The van der Waals surface area contributed by atoms with Crippen LogP contribution < -0.4 is 4.90 Å². The van der Waals surface area contributed by atoms with Gasteiger partial charge in [-0.25, -0.2) is 0 Å². The van der Waals surface area contributed by atoms with Gasteiger partial charge in [-0.3, -0.25) is 4.40 Å². The molecule has 0 unspecified atom stereocenters. The number of nitrogens with zero attached hydrogens (tertiary/aromatic N) is 2. The van der Waals surface area contributed by atoms with E-state index in [1.54, 1.807) is 0 Å². The van der Waals surface area contributed by atoms with Crippen LogP contribution in [-0.4, -0.2) is 4.40 Å². The molecule has 6 aromatic carbocycles. The van der Waals surface area contributed by atoms with Crippen molar-refractivity contribution >= 4 is 54.3 Å². The molecule has 1 saturated carbocycles. The Morgan fingerprint density at radius 1 is 0.532 bits per heavy atom. The minimum atomic E-state index is 0.614. The number of rotatable bonds is 6. The highest BCUT2D eigenvalue weighted by molar-refractivity contribution is 7.25. The lowest BCUT2D eigenvalue weighted by Crippen LogP contribution is -2.09. The number of thiazole rings is 1. The molecular weight excluding hydrogens is 589 g/mol. The molecule has 8 aromatic rings. The summed E-state index contributed by atoms with van der Waals surface area (Å²) in [5.41, 5.74) is 12.8. The Kier molecular flexibility index (Phi) is 7.13. The van der Waals surface area contributed by atoms with Gasteiger partial charge >= 0.3 is 0 Å². The van der Waals surface area contributed by atoms with Crippen LogP contribution in [0.15, 0.2) is 152 Å². The Bertz CT molecular complexity index is 2270. The third kappa shape index (κ3) is 4.94. The molecule has 47 heavy (non-hydrogen) atoms. The normalized spacial score (nSPS) is 13.9.